The van der Waals surface area contributed by atoms with Crippen LogP contribution in [0.15, 0.2) is 0 Å². The molecule has 0 saturated heterocycles. The Morgan fingerprint density at radius 2 is 1.87 bits per heavy atom. The van der Waals surface area contributed by atoms with E-state index in [1.54, 1.807) is 0 Å². The van der Waals surface area contributed by atoms with Crippen LogP contribution in [-0.2, 0) is 4.79 Å². The number of carbonyl (C=O) groups excluding carboxylic acids is 1. The molecule has 0 aromatic heterocycles. The summed E-state index contributed by atoms with van der Waals surface area (Å²) in [4.78, 5) is 14.1. The predicted octanol–water partition coefficient (Wildman–Crippen LogP) is 1.88. The van der Waals surface area contributed by atoms with E-state index in [4.69, 9.17) is 0 Å². The third-order valence-electron chi connectivity index (χ3n) is 2.41. The lowest BCUT2D eigenvalue weighted by molar-refractivity contribution is -0.137. The lowest BCUT2D eigenvalue weighted by atomic mass is 10.0. The van der Waals surface area contributed by atoms with E-state index in [-0.39, 0.29) is 5.91 Å². The average molecular weight is 214 g/mol. The monoisotopic (exact) mass is 214 g/mol. The minimum atomic E-state index is -0.445. The van der Waals surface area contributed by atoms with E-state index < -0.39 is 5.54 Å². The van der Waals surface area contributed by atoms with Crippen LogP contribution in [0.2, 0.25) is 0 Å². The Hall–Kier alpha value is -0.570. The smallest absolute Gasteiger partial charge is 0.242 e. The van der Waals surface area contributed by atoms with Crippen molar-refractivity contribution in [3.8, 4) is 0 Å². The molecule has 1 amide bonds. The molecule has 0 aliphatic heterocycles. The molecule has 0 radical (unpaired) electrons. The molecule has 0 aliphatic carbocycles. The number of rotatable bonds is 6. The topological polar surface area (TPSA) is 32.3 Å². The number of nitrogens with one attached hydrogen (secondary N) is 1. The number of hydrogen-bond donors (Lipinski definition) is 1. The summed E-state index contributed by atoms with van der Waals surface area (Å²) < 4.78 is 0. The van der Waals surface area contributed by atoms with Crippen LogP contribution in [-0.4, -0.2) is 36.0 Å². The molecule has 15 heavy (non-hydrogen) atoms. The Labute approximate surface area is 94.2 Å². The van der Waals surface area contributed by atoms with Crippen LogP contribution in [0.5, 0.6) is 0 Å². The zero-order valence-corrected chi connectivity index (χ0v) is 11.1. The maximum atomic E-state index is 12.2. The second kappa shape index (κ2) is 6.11. The number of carbonyl (C=O) groups is 1. The van der Waals surface area contributed by atoms with Crippen molar-refractivity contribution in [3.05, 3.63) is 0 Å². The van der Waals surface area contributed by atoms with Gasteiger partial charge in [-0.15, -0.1) is 0 Å². The molecule has 0 rings (SSSR count). The number of likely N-dealkylation sites (N-methyl/N-ethyl adjacent to an activating group) is 2. The summed E-state index contributed by atoms with van der Waals surface area (Å²) in [6.45, 7) is 14.7. The summed E-state index contributed by atoms with van der Waals surface area (Å²) in [5, 5.41) is 3.22. The van der Waals surface area contributed by atoms with Gasteiger partial charge in [-0.3, -0.25) is 4.79 Å². The molecule has 0 atom stereocenters. The van der Waals surface area contributed by atoms with E-state index in [2.05, 4.69) is 19.2 Å². The molecule has 3 heteroatoms. The van der Waals surface area contributed by atoms with Crippen LogP contribution in [0, 0.1) is 5.92 Å². The van der Waals surface area contributed by atoms with Gasteiger partial charge in [0.15, 0.2) is 0 Å². The van der Waals surface area contributed by atoms with Gasteiger partial charge in [0.1, 0.15) is 0 Å². The molecule has 3 nitrogen and oxygen atoms in total. The van der Waals surface area contributed by atoms with E-state index in [1.807, 2.05) is 32.6 Å². The number of hydrogen-bond acceptors (Lipinski definition) is 2. The van der Waals surface area contributed by atoms with E-state index in [0.717, 1.165) is 19.6 Å². The van der Waals surface area contributed by atoms with Gasteiger partial charge in [-0.1, -0.05) is 20.8 Å². The van der Waals surface area contributed by atoms with Crippen molar-refractivity contribution in [3.63, 3.8) is 0 Å². The largest absolute Gasteiger partial charge is 0.341 e. The van der Waals surface area contributed by atoms with Crippen LogP contribution in [0.25, 0.3) is 0 Å². The highest BCUT2D eigenvalue weighted by atomic mass is 16.2. The Morgan fingerprint density at radius 3 is 2.20 bits per heavy atom. The zero-order valence-electron chi connectivity index (χ0n) is 11.1. The molecule has 0 aromatic carbocycles. The van der Waals surface area contributed by atoms with Crippen LogP contribution in [0.3, 0.4) is 0 Å². The minimum absolute atomic E-state index is 0.195. The second-order valence-electron chi connectivity index (χ2n) is 4.89. The van der Waals surface area contributed by atoms with Gasteiger partial charge in [0, 0.05) is 13.1 Å². The van der Waals surface area contributed by atoms with Crippen molar-refractivity contribution >= 4 is 5.91 Å². The van der Waals surface area contributed by atoms with Gasteiger partial charge in [0.05, 0.1) is 5.54 Å². The lowest BCUT2D eigenvalue weighted by Crippen LogP contribution is -2.54. The van der Waals surface area contributed by atoms with E-state index in [0.29, 0.717) is 5.92 Å². The van der Waals surface area contributed by atoms with Gasteiger partial charge in [0.25, 0.3) is 0 Å². The fourth-order valence-electron chi connectivity index (χ4n) is 1.71. The van der Waals surface area contributed by atoms with Crippen molar-refractivity contribution in [2.24, 2.45) is 5.92 Å². The van der Waals surface area contributed by atoms with Gasteiger partial charge >= 0.3 is 0 Å². The molecule has 0 saturated carbocycles. The average Bonchev–Trinajstić information content (AvgIpc) is 2.12. The first-order valence-corrected chi connectivity index (χ1v) is 5.89. The normalized spacial score (nSPS) is 11.9. The first-order chi connectivity index (χ1) is 6.85. The van der Waals surface area contributed by atoms with Crippen molar-refractivity contribution < 1.29 is 4.79 Å². The summed E-state index contributed by atoms with van der Waals surface area (Å²) in [6.07, 6.45) is 0. The highest BCUT2D eigenvalue weighted by molar-refractivity contribution is 5.85. The molecule has 90 valence electrons. The molecule has 0 aliphatic rings. The van der Waals surface area contributed by atoms with Gasteiger partial charge in [-0.2, -0.15) is 0 Å². The van der Waals surface area contributed by atoms with Crippen LogP contribution < -0.4 is 5.32 Å². The highest BCUT2D eigenvalue weighted by Crippen LogP contribution is 2.09. The van der Waals surface area contributed by atoms with Crippen LogP contribution in [0.4, 0.5) is 0 Å². The molecule has 0 unspecified atom stereocenters. The fraction of sp³-hybridized carbons (Fsp3) is 0.917. The summed E-state index contributed by atoms with van der Waals surface area (Å²) in [5.74, 6) is 0.715. The van der Waals surface area contributed by atoms with Gasteiger partial charge < -0.3 is 10.2 Å². The number of nitrogens with zero attached hydrogens (tertiary/aromatic N) is 1. The molecule has 0 bridgehead atoms. The maximum Gasteiger partial charge on any atom is 0.242 e. The Kier molecular flexibility index (Phi) is 5.88. The highest BCUT2D eigenvalue weighted by Gasteiger charge is 2.30. The SMILES string of the molecule is CCNC(C)(C)C(=O)N(CC)CC(C)C. The molecular weight excluding hydrogens is 188 g/mol. The summed E-state index contributed by atoms with van der Waals surface area (Å²) >= 11 is 0. The van der Waals surface area contributed by atoms with Crippen molar-refractivity contribution in [2.75, 3.05) is 19.6 Å². The zero-order chi connectivity index (χ0) is 12.1. The van der Waals surface area contributed by atoms with Crippen LogP contribution >= 0.6 is 0 Å². The first-order valence-electron chi connectivity index (χ1n) is 5.89. The van der Waals surface area contributed by atoms with Crippen molar-refractivity contribution in [1.29, 1.82) is 0 Å². The molecule has 0 fully saturated rings. The number of amides is 1. The standard InChI is InChI=1S/C12H26N2O/c1-7-13-12(5,6)11(15)14(8-2)9-10(3)4/h10,13H,7-9H2,1-6H3. The molecular formula is C12H26N2O. The van der Waals surface area contributed by atoms with Crippen LogP contribution in [0.1, 0.15) is 41.5 Å². The summed E-state index contributed by atoms with van der Waals surface area (Å²) in [7, 11) is 0. The Morgan fingerprint density at radius 1 is 1.33 bits per heavy atom. The molecule has 0 heterocycles. The van der Waals surface area contributed by atoms with Gasteiger partial charge in [-0.25, -0.2) is 0 Å². The van der Waals surface area contributed by atoms with E-state index in [9.17, 15) is 4.79 Å². The first kappa shape index (κ1) is 14.4. The van der Waals surface area contributed by atoms with E-state index in [1.165, 1.54) is 0 Å². The molecule has 1 N–H and O–H groups in total. The predicted molar refractivity (Wildman–Crippen MR) is 64.8 cm³/mol. The Bertz CT molecular complexity index is 200. The second-order valence-corrected chi connectivity index (χ2v) is 4.89. The quantitative estimate of drug-likeness (QED) is 0.732. The lowest BCUT2D eigenvalue weighted by Gasteiger charge is -2.32. The van der Waals surface area contributed by atoms with Gasteiger partial charge in [-0.05, 0) is 33.2 Å². The Balaban J connectivity index is 4.49. The van der Waals surface area contributed by atoms with Crippen molar-refractivity contribution in [2.45, 2.75) is 47.1 Å². The third kappa shape index (κ3) is 4.65. The molecule has 0 aromatic rings. The summed E-state index contributed by atoms with van der Waals surface area (Å²) in [6, 6.07) is 0. The minimum Gasteiger partial charge on any atom is -0.341 e. The fourth-order valence-corrected chi connectivity index (χ4v) is 1.71. The van der Waals surface area contributed by atoms with Gasteiger partial charge in [0.2, 0.25) is 5.91 Å². The maximum absolute atomic E-state index is 12.2. The van der Waals surface area contributed by atoms with Crippen molar-refractivity contribution in [1.82, 2.24) is 10.2 Å². The van der Waals surface area contributed by atoms with E-state index >= 15 is 0 Å². The molecule has 0 spiro atoms. The summed E-state index contributed by atoms with van der Waals surface area (Å²) in [5.41, 5.74) is -0.445. The third-order valence-corrected chi connectivity index (χ3v) is 2.41.